The number of carbonyl (C=O) groups is 3. The SMILES string of the molecule is Cc1ccc(I)c(C(=O)[C@]2(CN3C(=O)c4ccccc4C3=O)NCCC[C@H]2C)c1. The van der Waals surface area contributed by atoms with Gasteiger partial charge in [-0.3, -0.25) is 19.3 Å². The largest absolute Gasteiger partial charge is 0.303 e. The molecular weight excluding hydrogens is 479 g/mol. The molecule has 5 nitrogen and oxygen atoms in total. The number of halogens is 1. The van der Waals surface area contributed by atoms with E-state index in [0.717, 1.165) is 22.0 Å². The highest BCUT2D eigenvalue weighted by Crippen LogP contribution is 2.34. The number of imide groups is 1. The first-order valence-electron chi connectivity index (χ1n) is 9.86. The van der Waals surface area contributed by atoms with Crippen molar-refractivity contribution in [1.29, 1.82) is 0 Å². The molecule has 2 aromatic rings. The predicted octanol–water partition coefficient (Wildman–Crippen LogP) is 3.84. The summed E-state index contributed by atoms with van der Waals surface area (Å²) in [6.45, 7) is 4.72. The minimum atomic E-state index is -0.987. The van der Waals surface area contributed by atoms with Crippen LogP contribution in [0.1, 0.15) is 56.4 Å². The lowest BCUT2D eigenvalue weighted by Gasteiger charge is -2.44. The van der Waals surface area contributed by atoms with Crippen molar-refractivity contribution in [3.05, 3.63) is 68.3 Å². The number of Topliss-reactive ketones (excluding diaryl/α,β-unsaturated/α-hetero) is 1. The van der Waals surface area contributed by atoms with Crippen LogP contribution in [-0.4, -0.2) is 41.1 Å². The van der Waals surface area contributed by atoms with Crippen LogP contribution in [0.3, 0.4) is 0 Å². The summed E-state index contributed by atoms with van der Waals surface area (Å²) in [5, 5.41) is 3.42. The van der Waals surface area contributed by atoms with Crippen molar-refractivity contribution in [2.75, 3.05) is 13.1 Å². The third-order valence-corrected chi connectivity index (χ3v) is 7.09. The molecule has 0 unspecified atom stereocenters. The topological polar surface area (TPSA) is 66.5 Å². The number of piperidine rings is 1. The molecule has 0 saturated carbocycles. The van der Waals surface area contributed by atoms with Gasteiger partial charge in [0.05, 0.1) is 17.7 Å². The van der Waals surface area contributed by atoms with E-state index in [0.29, 0.717) is 23.2 Å². The summed E-state index contributed by atoms with van der Waals surface area (Å²) in [7, 11) is 0. The molecule has 29 heavy (non-hydrogen) atoms. The van der Waals surface area contributed by atoms with Gasteiger partial charge in [0, 0.05) is 9.13 Å². The number of amides is 2. The van der Waals surface area contributed by atoms with Gasteiger partial charge in [-0.25, -0.2) is 0 Å². The van der Waals surface area contributed by atoms with E-state index in [2.05, 4.69) is 27.9 Å². The molecule has 0 bridgehead atoms. The fourth-order valence-corrected chi connectivity index (χ4v) is 4.99. The van der Waals surface area contributed by atoms with E-state index >= 15 is 0 Å². The van der Waals surface area contributed by atoms with Crippen LogP contribution in [0.2, 0.25) is 0 Å². The molecule has 0 aliphatic carbocycles. The number of fused-ring (bicyclic) bond motifs is 1. The summed E-state index contributed by atoms with van der Waals surface area (Å²) in [4.78, 5) is 41.1. The Labute approximate surface area is 184 Å². The van der Waals surface area contributed by atoms with Crippen molar-refractivity contribution < 1.29 is 14.4 Å². The molecule has 2 amide bonds. The number of hydrogen-bond acceptors (Lipinski definition) is 4. The molecule has 0 radical (unpaired) electrons. The van der Waals surface area contributed by atoms with Gasteiger partial charge in [-0.2, -0.15) is 0 Å². The normalized spacial score (nSPS) is 24.0. The lowest BCUT2D eigenvalue weighted by Crippen LogP contribution is -2.65. The van der Waals surface area contributed by atoms with Crippen LogP contribution in [0.5, 0.6) is 0 Å². The molecule has 2 heterocycles. The highest BCUT2D eigenvalue weighted by molar-refractivity contribution is 14.1. The van der Waals surface area contributed by atoms with E-state index in [-0.39, 0.29) is 30.1 Å². The average Bonchev–Trinajstić information content (AvgIpc) is 2.96. The van der Waals surface area contributed by atoms with Crippen LogP contribution < -0.4 is 5.32 Å². The maximum absolute atomic E-state index is 13.9. The van der Waals surface area contributed by atoms with Crippen LogP contribution in [0, 0.1) is 16.4 Å². The molecule has 6 heteroatoms. The first kappa shape index (κ1) is 20.2. The Morgan fingerprint density at radius 3 is 2.45 bits per heavy atom. The Morgan fingerprint density at radius 2 is 1.83 bits per heavy atom. The fraction of sp³-hybridized carbons (Fsp3) is 0.348. The zero-order valence-corrected chi connectivity index (χ0v) is 18.7. The zero-order chi connectivity index (χ0) is 20.8. The Kier molecular flexibility index (Phi) is 5.33. The van der Waals surface area contributed by atoms with E-state index in [1.807, 2.05) is 32.0 Å². The number of hydrogen-bond donors (Lipinski definition) is 1. The first-order chi connectivity index (χ1) is 13.8. The Hall–Kier alpha value is -2.06. The predicted molar refractivity (Wildman–Crippen MR) is 119 cm³/mol. The number of rotatable bonds is 4. The molecule has 0 spiro atoms. The van der Waals surface area contributed by atoms with E-state index in [1.54, 1.807) is 24.3 Å². The van der Waals surface area contributed by atoms with Gasteiger partial charge in [0.15, 0.2) is 5.78 Å². The third kappa shape index (κ3) is 3.32. The Bertz CT molecular complexity index is 984. The second-order valence-electron chi connectivity index (χ2n) is 8.00. The number of carbonyl (C=O) groups excluding carboxylic acids is 3. The minimum Gasteiger partial charge on any atom is -0.303 e. The second-order valence-corrected chi connectivity index (χ2v) is 9.16. The molecule has 2 aliphatic rings. The van der Waals surface area contributed by atoms with Gasteiger partial charge in [0.25, 0.3) is 11.8 Å². The molecule has 1 N–H and O–H groups in total. The summed E-state index contributed by atoms with van der Waals surface area (Å²) in [6.07, 6.45) is 1.83. The van der Waals surface area contributed by atoms with Gasteiger partial charge in [0.2, 0.25) is 0 Å². The van der Waals surface area contributed by atoms with E-state index in [9.17, 15) is 14.4 Å². The number of ketones is 1. The highest BCUT2D eigenvalue weighted by atomic mass is 127. The van der Waals surface area contributed by atoms with Gasteiger partial charge in [-0.15, -0.1) is 0 Å². The average molecular weight is 502 g/mol. The van der Waals surface area contributed by atoms with Crippen molar-refractivity contribution in [2.45, 2.75) is 32.2 Å². The highest BCUT2D eigenvalue weighted by Gasteiger charge is 2.50. The maximum atomic E-state index is 13.9. The van der Waals surface area contributed by atoms with E-state index < -0.39 is 5.54 Å². The maximum Gasteiger partial charge on any atom is 0.261 e. The van der Waals surface area contributed by atoms with Gasteiger partial charge < -0.3 is 5.32 Å². The Morgan fingerprint density at radius 1 is 1.17 bits per heavy atom. The van der Waals surface area contributed by atoms with E-state index in [4.69, 9.17) is 0 Å². The van der Waals surface area contributed by atoms with Crippen LogP contribution in [0.15, 0.2) is 42.5 Å². The quantitative estimate of drug-likeness (QED) is 0.392. The molecule has 1 fully saturated rings. The Balaban J connectivity index is 1.76. The lowest BCUT2D eigenvalue weighted by atomic mass is 9.73. The summed E-state index contributed by atoms with van der Waals surface area (Å²) < 4.78 is 0.875. The van der Waals surface area contributed by atoms with Crippen LogP contribution in [-0.2, 0) is 0 Å². The van der Waals surface area contributed by atoms with Gasteiger partial charge in [-0.05, 0) is 79.1 Å². The second kappa shape index (κ2) is 7.65. The molecule has 1 saturated heterocycles. The molecular formula is C23H23IN2O3. The summed E-state index contributed by atoms with van der Waals surface area (Å²) in [6, 6.07) is 12.7. The number of aryl methyl sites for hydroxylation is 1. The molecule has 150 valence electrons. The standard InChI is InChI=1S/C23H23IN2O3/c1-14-9-10-19(24)18(12-14)20(27)23(15(2)6-5-11-25-23)13-26-21(28)16-7-3-4-8-17(16)22(26)29/h3-4,7-10,12,15,25H,5-6,11,13H2,1-2H3/t15-,23-/m1/s1. The first-order valence-corrected chi connectivity index (χ1v) is 10.9. The number of nitrogens with one attached hydrogen (secondary N) is 1. The van der Waals surface area contributed by atoms with Crippen molar-refractivity contribution in [2.24, 2.45) is 5.92 Å². The van der Waals surface area contributed by atoms with Crippen molar-refractivity contribution in [3.8, 4) is 0 Å². The van der Waals surface area contributed by atoms with E-state index in [1.165, 1.54) is 4.90 Å². The fourth-order valence-electron chi connectivity index (χ4n) is 4.41. The summed E-state index contributed by atoms with van der Waals surface area (Å²) in [5.74, 6) is -0.702. The van der Waals surface area contributed by atoms with Crippen molar-refractivity contribution in [1.82, 2.24) is 10.2 Å². The molecule has 4 rings (SSSR count). The van der Waals surface area contributed by atoms with Crippen molar-refractivity contribution >= 4 is 40.2 Å². The molecule has 2 atom stereocenters. The molecule has 0 aromatic heterocycles. The molecule has 2 aromatic carbocycles. The summed E-state index contributed by atoms with van der Waals surface area (Å²) in [5.41, 5.74) is 1.48. The van der Waals surface area contributed by atoms with Crippen molar-refractivity contribution in [3.63, 3.8) is 0 Å². The lowest BCUT2D eigenvalue weighted by molar-refractivity contribution is 0.0484. The monoisotopic (exact) mass is 502 g/mol. The van der Waals surface area contributed by atoms with Gasteiger partial charge in [-0.1, -0.05) is 30.7 Å². The smallest absolute Gasteiger partial charge is 0.261 e. The minimum absolute atomic E-state index is 0.00984. The third-order valence-electron chi connectivity index (χ3n) is 6.15. The van der Waals surface area contributed by atoms with Crippen LogP contribution in [0.4, 0.5) is 0 Å². The summed E-state index contributed by atoms with van der Waals surface area (Å²) >= 11 is 2.18. The van der Waals surface area contributed by atoms with Crippen LogP contribution >= 0.6 is 22.6 Å². The van der Waals surface area contributed by atoms with Gasteiger partial charge in [0.1, 0.15) is 5.54 Å². The van der Waals surface area contributed by atoms with Crippen LogP contribution in [0.25, 0.3) is 0 Å². The zero-order valence-electron chi connectivity index (χ0n) is 16.5. The number of benzene rings is 2. The molecule has 2 aliphatic heterocycles. The number of nitrogens with zero attached hydrogens (tertiary/aromatic N) is 1. The van der Waals surface area contributed by atoms with Gasteiger partial charge >= 0.3 is 0 Å².